The van der Waals surface area contributed by atoms with Crippen molar-refractivity contribution >= 4 is 17.2 Å². The van der Waals surface area contributed by atoms with E-state index in [0.717, 1.165) is 42.3 Å². The van der Waals surface area contributed by atoms with Crippen LogP contribution in [0.3, 0.4) is 0 Å². The number of amides is 1. The Balaban J connectivity index is 1.70. The molecule has 0 bridgehead atoms. The van der Waals surface area contributed by atoms with E-state index >= 15 is 0 Å². The fraction of sp³-hybridized carbons (Fsp3) is 0.444. The van der Waals surface area contributed by atoms with E-state index in [4.69, 9.17) is 4.74 Å². The lowest BCUT2D eigenvalue weighted by Crippen LogP contribution is -2.29. The van der Waals surface area contributed by atoms with Gasteiger partial charge in [0.05, 0.1) is 12.3 Å². The number of carbonyl (C=O) groups is 1. The van der Waals surface area contributed by atoms with Crippen molar-refractivity contribution in [2.45, 2.75) is 26.7 Å². The second kappa shape index (κ2) is 7.23. The van der Waals surface area contributed by atoms with Gasteiger partial charge in [-0.05, 0) is 25.3 Å². The highest BCUT2D eigenvalue weighted by molar-refractivity contribution is 7.17. The van der Waals surface area contributed by atoms with Crippen LogP contribution in [-0.2, 0) is 11.2 Å². The van der Waals surface area contributed by atoms with Crippen LogP contribution in [0.4, 0.5) is 0 Å². The van der Waals surface area contributed by atoms with E-state index in [2.05, 4.69) is 41.5 Å². The number of rotatable bonds is 5. The topological polar surface area (TPSA) is 51.2 Å². The molecule has 5 heteroatoms. The fourth-order valence-electron chi connectivity index (χ4n) is 2.68. The molecule has 1 fully saturated rings. The lowest BCUT2D eigenvalue weighted by atomic mass is 10.1. The van der Waals surface area contributed by atoms with Crippen LogP contribution < -0.4 is 5.32 Å². The highest BCUT2D eigenvalue weighted by Gasteiger charge is 2.19. The second-order valence-electron chi connectivity index (χ2n) is 5.92. The Morgan fingerprint density at radius 1 is 1.39 bits per heavy atom. The number of carbonyl (C=O) groups excluding carboxylic acids is 1. The predicted octanol–water partition coefficient (Wildman–Crippen LogP) is 3.45. The van der Waals surface area contributed by atoms with Crippen molar-refractivity contribution in [1.82, 2.24) is 10.3 Å². The molecule has 0 aliphatic carbocycles. The van der Waals surface area contributed by atoms with Gasteiger partial charge in [-0.25, -0.2) is 4.98 Å². The first-order chi connectivity index (χ1) is 11.2. The quantitative estimate of drug-likeness (QED) is 0.913. The molecule has 1 aliphatic rings. The molecule has 1 amide bonds. The maximum Gasteiger partial charge on any atom is 0.263 e. The summed E-state index contributed by atoms with van der Waals surface area (Å²) in [5, 5.41) is 3.92. The molecule has 1 aliphatic heterocycles. The molecule has 2 aromatic rings. The number of ether oxygens (including phenoxy) is 1. The average molecular weight is 330 g/mol. The molecule has 23 heavy (non-hydrogen) atoms. The van der Waals surface area contributed by atoms with Gasteiger partial charge >= 0.3 is 0 Å². The van der Waals surface area contributed by atoms with Gasteiger partial charge in [0.25, 0.3) is 5.91 Å². The third-order valence-electron chi connectivity index (χ3n) is 4.19. The van der Waals surface area contributed by atoms with Gasteiger partial charge < -0.3 is 10.1 Å². The molecule has 4 nitrogen and oxygen atoms in total. The lowest BCUT2D eigenvalue weighted by Gasteiger charge is -2.08. The molecule has 1 unspecified atom stereocenters. The number of thiazole rings is 1. The van der Waals surface area contributed by atoms with Crippen molar-refractivity contribution in [3.05, 3.63) is 40.4 Å². The van der Waals surface area contributed by atoms with E-state index in [1.54, 1.807) is 0 Å². The van der Waals surface area contributed by atoms with Crippen LogP contribution in [0.15, 0.2) is 24.3 Å². The smallest absolute Gasteiger partial charge is 0.263 e. The summed E-state index contributed by atoms with van der Waals surface area (Å²) < 4.78 is 5.34. The number of benzene rings is 1. The highest BCUT2D eigenvalue weighted by Crippen LogP contribution is 2.28. The SMILES string of the molecule is CCc1ccc(-c2nc(C)c(C(=O)NCC3CCOC3)s2)cc1. The molecule has 2 heterocycles. The predicted molar refractivity (Wildman–Crippen MR) is 92.9 cm³/mol. The molecular formula is C18H22N2O2S. The Morgan fingerprint density at radius 2 is 2.17 bits per heavy atom. The standard InChI is InChI=1S/C18H22N2O2S/c1-3-13-4-6-15(7-5-13)18-20-12(2)16(23-18)17(21)19-10-14-8-9-22-11-14/h4-7,14H,3,8-11H2,1-2H3,(H,19,21). The first-order valence-electron chi connectivity index (χ1n) is 8.10. The van der Waals surface area contributed by atoms with Gasteiger partial charge in [-0.2, -0.15) is 0 Å². The van der Waals surface area contributed by atoms with Gasteiger partial charge in [0, 0.05) is 24.6 Å². The van der Waals surface area contributed by atoms with Gasteiger partial charge in [0.15, 0.2) is 0 Å². The van der Waals surface area contributed by atoms with Gasteiger partial charge in [-0.3, -0.25) is 4.79 Å². The van der Waals surface area contributed by atoms with Crippen molar-refractivity contribution in [2.75, 3.05) is 19.8 Å². The molecular weight excluding hydrogens is 308 g/mol. The summed E-state index contributed by atoms with van der Waals surface area (Å²) in [6, 6.07) is 8.39. The number of aryl methyl sites for hydroxylation is 2. The molecule has 0 radical (unpaired) electrons. The number of hydrogen-bond donors (Lipinski definition) is 1. The number of nitrogens with zero attached hydrogens (tertiary/aromatic N) is 1. The van der Waals surface area contributed by atoms with Gasteiger partial charge in [0.2, 0.25) is 0 Å². The molecule has 0 saturated carbocycles. The van der Waals surface area contributed by atoms with E-state index in [-0.39, 0.29) is 5.91 Å². The highest BCUT2D eigenvalue weighted by atomic mass is 32.1. The number of nitrogens with one attached hydrogen (secondary N) is 1. The fourth-order valence-corrected chi connectivity index (χ4v) is 3.66. The Kier molecular flexibility index (Phi) is 5.08. The zero-order valence-electron chi connectivity index (χ0n) is 13.6. The van der Waals surface area contributed by atoms with Gasteiger partial charge in [0.1, 0.15) is 9.88 Å². The summed E-state index contributed by atoms with van der Waals surface area (Å²) in [7, 11) is 0. The van der Waals surface area contributed by atoms with E-state index in [0.29, 0.717) is 17.3 Å². The van der Waals surface area contributed by atoms with E-state index in [1.165, 1.54) is 16.9 Å². The Hall–Kier alpha value is -1.72. The molecule has 3 rings (SSSR count). The first kappa shape index (κ1) is 16.1. The summed E-state index contributed by atoms with van der Waals surface area (Å²) in [6.07, 6.45) is 2.05. The minimum absolute atomic E-state index is 0.0247. The third-order valence-corrected chi connectivity index (χ3v) is 5.39. The monoisotopic (exact) mass is 330 g/mol. The van der Waals surface area contributed by atoms with Crippen LogP contribution in [0.5, 0.6) is 0 Å². The molecule has 1 atom stereocenters. The van der Waals surface area contributed by atoms with Crippen molar-refractivity contribution in [3.8, 4) is 10.6 Å². The Morgan fingerprint density at radius 3 is 2.83 bits per heavy atom. The van der Waals surface area contributed by atoms with Gasteiger partial charge in [-0.15, -0.1) is 11.3 Å². The summed E-state index contributed by atoms with van der Waals surface area (Å²) >= 11 is 1.46. The summed E-state index contributed by atoms with van der Waals surface area (Å²) in [4.78, 5) is 17.7. The first-order valence-corrected chi connectivity index (χ1v) is 8.91. The minimum atomic E-state index is -0.0247. The Labute approximate surface area is 140 Å². The number of hydrogen-bond acceptors (Lipinski definition) is 4. The molecule has 0 spiro atoms. The second-order valence-corrected chi connectivity index (χ2v) is 6.92. The molecule has 1 N–H and O–H groups in total. The molecule has 1 aromatic heterocycles. The maximum atomic E-state index is 12.4. The summed E-state index contributed by atoms with van der Waals surface area (Å²) in [5.41, 5.74) is 3.17. The van der Waals surface area contributed by atoms with Crippen LogP contribution in [0.1, 0.15) is 34.3 Å². The van der Waals surface area contributed by atoms with Crippen LogP contribution in [0.25, 0.3) is 10.6 Å². The molecule has 122 valence electrons. The van der Waals surface area contributed by atoms with Crippen LogP contribution >= 0.6 is 11.3 Å². The zero-order chi connectivity index (χ0) is 16.2. The zero-order valence-corrected chi connectivity index (χ0v) is 14.4. The average Bonchev–Trinajstić information content (AvgIpc) is 3.22. The van der Waals surface area contributed by atoms with Crippen molar-refractivity contribution in [3.63, 3.8) is 0 Å². The van der Waals surface area contributed by atoms with E-state index < -0.39 is 0 Å². The summed E-state index contributed by atoms with van der Waals surface area (Å²) in [5.74, 6) is 0.413. The van der Waals surface area contributed by atoms with Crippen molar-refractivity contribution in [2.24, 2.45) is 5.92 Å². The normalized spacial score (nSPS) is 17.4. The van der Waals surface area contributed by atoms with Crippen LogP contribution in [-0.4, -0.2) is 30.6 Å². The van der Waals surface area contributed by atoms with Crippen molar-refractivity contribution in [1.29, 1.82) is 0 Å². The summed E-state index contributed by atoms with van der Waals surface area (Å²) in [6.45, 7) is 6.26. The largest absolute Gasteiger partial charge is 0.381 e. The molecule has 1 aromatic carbocycles. The van der Waals surface area contributed by atoms with E-state index in [9.17, 15) is 4.79 Å². The van der Waals surface area contributed by atoms with E-state index in [1.807, 2.05) is 6.92 Å². The molecule has 1 saturated heterocycles. The lowest BCUT2D eigenvalue weighted by molar-refractivity contribution is 0.0948. The van der Waals surface area contributed by atoms with Crippen molar-refractivity contribution < 1.29 is 9.53 Å². The Bertz CT molecular complexity index is 673. The minimum Gasteiger partial charge on any atom is -0.381 e. The third kappa shape index (κ3) is 3.79. The van der Waals surface area contributed by atoms with Crippen LogP contribution in [0.2, 0.25) is 0 Å². The van der Waals surface area contributed by atoms with Crippen LogP contribution in [0, 0.1) is 12.8 Å². The van der Waals surface area contributed by atoms with Gasteiger partial charge in [-0.1, -0.05) is 31.2 Å². The maximum absolute atomic E-state index is 12.4. The number of aromatic nitrogens is 1.